The Kier molecular flexibility index (Phi) is 11.3. The Bertz CT molecular complexity index is 77.1. The van der Waals surface area contributed by atoms with Crippen LogP contribution in [0.4, 0.5) is 0 Å². The van der Waals surface area contributed by atoms with Gasteiger partial charge in [0.15, 0.2) is 0 Å². The van der Waals surface area contributed by atoms with Gasteiger partial charge < -0.3 is 15.3 Å². The molecule has 0 aliphatic rings. The number of hydrogen-bond acceptors (Lipinski definition) is 3. The Hall–Kier alpha value is -0.0600. The molecule has 0 bridgehead atoms. The van der Waals surface area contributed by atoms with E-state index in [4.69, 9.17) is 10.2 Å². The Labute approximate surface area is 69.1 Å². The van der Waals surface area contributed by atoms with E-state index >= 15 is 0 Å². The zero-order valence-electron chi connectivity index (χ0n) is 5.88. The molecule has 3 nitrogen and oxygen atoms in total. The first-order valence-corrected chi connectivity index (χ1v) is 3.84. The average molecular weight is 212 g/mol. The second-order valence-corrected chi connectivity index (χ2v) is 2.34. The van der Waals surface area contributed by atoms with E-state index in [0.29, 0.717) is 5.33 Å². The Morgan fingerprint density at radius 2 is 2.10 bits per heavy atom. The highest BCUT2D eigenvalue weighted by Crippen LogP contribution is 1.85. The van der Waals surface area contributed by atoms with Crippen molar-refractivity contribution in [1.82, 2.24) is 0 Å². The molecule has 0 aliphatic heterocycles. The topological polar surface area (TPSA) is 63.5 Å². The van der Waals surface area contributed by atoms with Crippen LogP contribution in [0.25, 0.3) is 0 Å². The van der Waals surface area contributed by atoms with Gasteiger partial charge in [0.05, 0.1) is 12.7 Å². The molecule has 0 saturated carbocycles. The molecule has 0 aromatic heterocycles. The van der Waals surface area contributed by atoms with Crippen LogP contribution in [0.3, 0.4) is 0 Å². The molecule has 0 unspecified atom stereocenters. The van der Waals surface area contributed by atoms with Crippen molar-refractivity contribution in [2.24, 2.45) is 0 Å². The molecule has 0 amide bonds. The van der Waals surface area contributed by atoms with E-state index in [-0.39, 0.29) is 12.4 Å². The third-order valence-electron chi connectivity index (χ3n) is 0.389. The van der Waals surface area contributed by atoms with Crippen molar-refractivity contribution in [3.63, 3.8) is 0 Å². The maximum atomic E-state index is 9.33. The fourth-order valence-electron chi connectivity index (χ4n) is 0.0488. The van der Waals surface area contributed by atoms with Gasteiger partial charge in [-0.05, 0) is 0 Å². The number of rotatable bonds is 2. The Morgan fingerprint density at radius 1 is 1.80 bits per heavy atom. The molecule has 0 aliphatic carbocycles. The summed E-state index contributed by atoms with van der Waals surface area (Å²) in [5, 5.41) is 26.2. The van der Waals surface area contributed by atoms with Crippen LogP contribution in [-0.4, -0.2) is 28.3 Å². The summed E-state index contributed by atoms with van der Waals surface area (Å²) in [7, 11) is 0. The number of halogens is 1. The van der Waals surface area contributed by atoms with Crippen molar-refractivity contribution in [3.8, 4) is 0 Å². The molecule has 2 N–H and O–H groups in total. The first-order chi connectivity index (χ1) is 4.54. The van der Waals surface area contributed by atoms with Crippen molar-refractivity contribution < 1.29 is 15.3 Å². The van der Waals surface area contributed by atoms with Gasteiger partial charge in [0, 0.05) is 5.33 Å². The van der Waals surface area contributed by atoms with Crippen LogP contribution in [0.2, 0.25) is 0 Å². The van der Waals surface area contributed by atoms with E-state index in [1.807, 2.05) is 0 Å². The molecule has 0 saturated heterocycles. The summed E-state index contributed by atoms with van der Waals surface area (Å²) in [6.45, 7) is 4.26. The number of alkyl halides is 1. The van der Waals surface area contributed by atoms with Gasteiger partial charge >= 0.3 is 0 Å². The summed E-state index contributed by atoms with van der Waals surface area (Å²) in [4.78, 5) is 0. The van der Waals surface area contributed by atoms with Crippen LogP contribution in [0, 0.1) is 0 Å². The van der Waals surface area contributed by atoms with Crippen molar-refractivity contribution in [3.05, 3.63) is 12.3 Å². The Morgan fingerprint density at radius 3 is 2.10 bits per heavy atom. The van der Waals surface area contributed by atoms with Crippen molar-refractivity contribution in [2.45, 2.75) is 13.0 Å². The van der Waals surface area contributed by atoms with Gasteiger partial charge in [-0.1, -0.05) is 22.9 Å². The summed E-state index contributed by atoms with van der Waals surface area (Å²) in [6, 6.07) is 0. The van der Waals surface area contributed by atoms with Crippen LogP contribution < -0.4 is 5.11 Å². The third-order valence-corrected chi connectivity index (χ3v) is 1.14. The summed E-state index contributed by atoms with van der Waals surface area (Å²) < 4.78 is 0. The molecule has 0 heterocycles. The molecule has 0 aromatic carbocycles. The molecule has 1 atom stereocenters. The van der Waals surface area contributed by atoms with Gasteiger partial charge in [-0.15, -0.1) is 12.3 Å². The second-order valence-electron chi connectivity index (χ2n) is 1.69. The highest BCUT2D eigenvalue weighted by atomic mass is 79.9. The van der Waals surface area contributed by atoms with Crippen molar-refractivity contribution in [2.75, 3.05) is 11.9 Å². The largest absolute Gasteiger partial charge is 0.876 e. The number of allylic oxidation sites excluding steroid dienone is 1. The zero-order chi connectivity index (χ0) is 8.57. The van der Waals surface area contributed by atoms with E-state index in [2.05, 4.69) is 22.5 Å². The van der Waals surface area contributed by atoms with Gasteiger partial charge in [0.25, 0.3) is 0 Å². The van der Waals surface area contributed by atoms with E-state index in [0.717, 1.165) is 0 Å². The molecular formula is C6H12BrO3-. The highest BCUT2D eigenvalue weighted by Gasteiger charge is 1.93. The van der Waals surface area contributed by atoms with Crippen molar-refractivity contribution in [1.29, 1.82) is 0 Å². The summed E-state index contributed by atoms with van der Waals surface area (Å²) in [6.07, 6.45) is -0.593. The minimum Gasteiger partial charge on any atom is -0.876 e. The monoisotopic (exact) mass is 211 g/mol. The highest BCUT2D eigenvalue weighted by molar-refractivity contribution is 9.09. The first kappa shape index (κ1) is 12.6. The Balaban J connectivity index is 0. The summed E-state index contributed by atoms with van der Waals surface area (Å²) in [5.74, 6) is -0.0833. The molecule has 0 fully saturated rings. The van der Waals surface area contributed by atoms with Crippen LogP contribution in [0.5, 0.6) is 0 Å². The number of hydrogen-bond donors (Lipinski definition) is 2. The molecule has 0 radical (unpaired) electrons. The first-order valence-electron chi connectivity index (χ1n) is 2.72. The maximum absolute atomic E-state index is 9.33. The molecule has 4 heteroatoms. The van der Waals surface area contributed by atoms with Crippen LogP contribution in [0.1, 0.15) is 6.92 Å². The molecular weight excluding hydrogens is 200 g/mol. The van der Waals surface area contributed by atoms with Crippen LogP contribution >= 0.6 is 15.9 Å². The fourth-order valence-corrected chi connectivity index (χ4v) is 0.254. The lowest BCUT2D eigenvalue weighted by Crippen LogP contribution is -2.12. The third kappa shape index (κ3) is 24.6. The summed E-state index contributed by atoms with van der Waals surface area (Å²) in [5.41, 5.74) is 0. The predicted molar refractivity (Wildman–Crippen MR) is 41.7 cm³/mol. The fraction of sp³-hybridized carbons (Fsp3) is 0.667. The molecule has 0 rings (SSSR count). The lowest BCUT2D eigenvalue weighted by Gasteiger charge is -1.96. The lowest BCUT2D eigenvalue weighted by atomic mass is 10.5. The smallest absolute Gasteiger partial charge is 0.0867 e. The summed E-state index contributed by atoms with van der Waals surface area (Å²) >= 11 is 2.96. The van der Waals surface area contributed by atoms with Gasteiger partial charge in [-0.2, -0.15) is 0 Å². The molecule has 0 aromatic rings. The molecule has 10 heavy (non-hydrogen) atoms. The SMILES string of the molecule is C=C(C)[O-].OC[C@@H](O)CBr. The number of aliphatic hydroxyl groups excluding tert-OH is 2. The quantitative estimate of drug-likeness (QED) is 0.484. The van der Waals surface area contributed by atoms with Gasteiger partial charge in [0.1, 0.15) is 0 Å². The van der Waals surface area contributed by atoms with Gasteiger partial charge in [-0.25, -0.2) is 0 Å². The molecule has 0 spiro atoms. The van der Waals surface area contributed by atoms with E-state index in [9.17, 15) is 5.11 Å². The van der Waals surface area contributed by atoms with Crippen LogP contribution in [0.15, 0.2) is 12.3 Å². The minimum absolute atomic E-state index is 0.0833. The normalized spacial score (nSPS) is 11.2. The van der Waals surface area contributed by atoms with Crippen LogP contribution in [-0.2, 0) is 0 Å². The maximum Gasteiger partial charge on any atom is 0.0867 e. The molecule has 62 valence electrons. The van der Waals surface area contributed by atoms with E-state index < -0.39 is 6.10 Å². The standard InChI is InChI=1S/C3H7BrO2.C3H6O/c4-1-3(6)2-5;1-3(2)4/h3,5-6H,1-2H2;4H,1H2,2H3/p-1/t3-;/m0./s1. The number of aliphatic hydroxyl groups is 2. The average Bonchev–Trinajstić information content (AvgIpc) is 1.85. The van der Waals surface area contributed by atoms with Gasteiger partial charge in [0.2, 0.25) is 0 Å². The predicted octanol–water partition coefficient (Wildman–Crippen LogP) is -0.385. The minimum atomic E-state index is -0.593. The van der Waals surface area contributed by atoms with Gasteiger partial charge in [-0.3, -0.25) is 0 Å². The van der Waals surface area contributed by atoms with E-state index in [1.54, 1.807) is 0 Å². The lowest BCUT2D eigenvalue weighted by molar-refractivity contribution is -0.300. The van der Waals surface area contributed by atoms with E-state index in [1.165, 1.54) is 6.92 Å². The zero-order valence-corrected chi connectivity index (χ0v) is 7.47. The second kappa shape index (κ2) is 8.94. The van der Waals surface area contributed by atoms with Crippen molar-refractivity contribution >= 4 is 15.9 Å².